The minimum absolute atomic E-state index is 0.571. The third kappa shape index (κ3) is 1.65. The van der Waals surface area contributed by atoms with Crippen LogP contribution in [0.2, 0.25) is 0 Å². The third-order valence-electron chi connectivity index (χ3n) is 2.95. The summed E-state index contributed by atoms with van der Waals surface area (Å²) >= 11 is 0. The highest BCUT2D eigenvalue weighted by molar-refractivity contribution is 5.77. The lowest BCUT2D eigenvalue weighted by atomic mass is 10.0. The van der Waals surface area contributed by atoms with Crippen molar-refractivity contribution in [3.8, 4) is 0 Å². The van der Waals surface area contributed by atoms with Crippen molar-refractivity contribution in [2.24, 2.45) is 0 Å². The molecule has 2 aromatic rings. The summed E-state index contributed by atoms with van der Waals surface area (Å²) in [5.41, 5.74) is 3.74. The molecular formula is C13H18N2. The molecule has 0 radical (unpaired) electrons. The second-order valence-electron chi connectivity index (χ2n) is 4.31. The molecule has 0 aliphatic heterocycles. The fourth-order valence-electron chi connectivity index (χ4n) is 2.03. The highest BCUT2D eigenvalue weighted by Crippen LogP contribution is 2.21. The lowest BCUT2D eigenvalue weighted by Gasteiger charge is -2.05. The van der Waals surface area contributed by atoms with E-state index in [1.54, 1.807) is 0 Å². The summed E-state index contributed by atoms with van der Waals surface area (Å²) in [6, 6.07) is 6.60. The molecule has 0 atom stereocenters. The molecule has 0 N–H and O–H groups in total. The fraction of sp³-hybridized carbons (Fsp3) is 0.462. The Morgan fingerprint density at radius 1 is 1.33 bits per heavy atom. The highest BCUT2D eigenvalue weighted by atomic mass is 15.1. The molecule has 0 aliphatic carbocycles. The highest BCUT2D eigenvalue weighted by Gasteiger charge is 2.07. The number of hydrogen-bond acceptors (Lipinski definition) is 1. The van der Waals surface area contributed by atoms with Crippen LogP contribution in [0.5, 0.6) is 0 Å². The van der Waals surface area contributed by atoms with E-state index in [0.717, 1.165) is 17.9 Å². The molecule has 0 unspecified atom stereocenters. The predicted molar refractivity (Wildman–Crippen MR) is 64.2 cm³/mol. The molecule has 0 bridgehead atoms. The van der Waals surface area contributed by atoms with Crippen molar-refractivity contribution in [3.05, 3.63) is 29.6 Å². The first kappa shape index (κ1) is 10.2. The second-order valence-corrected chi connectivity index (χ2v) is 4.31. The van der Waals surface area contributed by atoms with E-state index in [4.69, 9.17) is 0 Å². The molecule has 0 aliphatic rings. The summed E-state index contributed by atoms with van der Waals surface area (Å²) in [7, 11) is 0. The summed E-state index contributed by atoms with van der Waals surface area (Å²) in [6.07, 6.45) is 0. The number of aromatic nitrogens is 2. The molecule has 0 spiro atoms. The van der Waals surface area contributed by atoms with Crippen molar-refractivity contribution in [1.82, 2.24) is 9.55 Å². The maximum atomic E-state index is 4.59. The second kappa shape index (κ2) is 3.69. The Labute approximate surface area is 90.9 Å². The standard InChI is InChI=1S/C13H18N2/c1-5-15-10(4)14-12-8-11(9(2)3)6-7-13(12)15/h6-9H,5H2,1-4H3. The molecule has 1 aromatic carbocycles. The van der Waals surface area contributed by atoms with Crippen molar-refractivity contribution in [2.45, 2.75) is 40.2 Å². The number of hydrogen-bond donors (Lipinski definition) is 0. The number of fused-ring (bicyclic) bond motifs is 1. The number of aryl methyl sites for hydroxylation is 2. The first-order valence-corrected chi connectivity index (χ1v) is 5.60. The number of benzene rings is 1. The topological polar surface area (TPSA) is 17.8 Å². The molecule has 0 amide bonds. The van der Waals surface area contributed by atoms with E-state index < -0.39 is 0 Å². The van der Waals surface area contributed by atoms with Crippen LogP contribution in [0.25, 0.3) is 11.0 Å². The van der Waals surface area contributed by atoms with Crippen LogP contribution < -0.4 is 0 Å². The van der Waals surface area contributed by atoms with Gasteiger partial charge in [0.1, 0.15) is 5.82 Å². The average Bonchev–Trinajstić information content (AvgIpc) is 2.51. The summed E-state index contributed by atoms with van der Waals surface area (Å²) in [5, 5.41) is 0. The molecule has 1 heterocycles. The molecule has 0 saturated carbocycles. The Bertz CT molecular complexity index is 480. The monoisotopic (exact) mass is 202 g/mol. The van der Waals surface area contributed by atoms with Gasteiger partial charge in [-0.3, -0.25) is 0 Å². The van der Waals surface area contributed by atoms with E-state index in [9.17, 15) is 0 Å². The maximum absolute atomic E-state index is 4.59. The Balaban J connectivity index is 2.64. The van der Waals surface area contributed by atoms with Crippen LogP contribution in [0.1, 0.15) is 38.1 Å². The van der Waals surface area contributed by atoms with Gasteiger partial charge in [-0.05, 0) is 37.5 Å². The van der Waals surface area contributed by atoms with Gasteiger partial charge in [-0.25, -0.2) is 4.98 Å². The molecule has 0 fully saturated rings. The predicted octanol–water partition coefficient (Wildman–Crippen LogP) is 3.49. The molecular weight excluding hydrogens is 184 g/mol. The third-order valence-corrected chi connectivity index (χ3v) is 2.95. The van der Waals surface area contributed by atoms with E-state index in [2.05, 4.69) is 55.4 Å². The molecule has 0 saturated heterocycles. The smallest absolute Gasteiger partial charge is 0.106 e. The van der Waals surface area contributed by atoms with Gasteiger partial charge in [-0.2, -0.15) is 0 Å². The summed E-state index contributed by atoms with van der Waals surface area (Å²) in [5.74, 6) is 1.68. The van der Waals surface area contributed by atoms with E-state index in [1.165, 1.54) is 11.1 Å². The Morgan fingerprint density at radius 3 is 2.67 bits per heavy atom. The van der Waals surface area contributed by atoms with Crippen molar-refractivity contribution >= 4 is 11.0 Å². The Hall–Kier alpha value is -1.31. The zero-order chi connectivity index (χ0) is 11.0. The van der Waals surface area contributed by atoms with Gasteiger partial charge in [0.15, 0.2) is 0 Å². The molecule has 1 aromatic heterocycles. The summed E-state index contributed by atoms with van der Waals surface area (Å²) in [4.78, 5) is 4.59. The molecule has 2 rings (SSSR count). The average molecular weight is 202 g/mol. The van der Waals surface area contributed by atoms with Crippen molar-refractivity contribution < 1.29 is 0 Å². The van der Waals surface area contributed by atoms with Gasteiger partial charge in [0.25, 0.3) is 0 Å². The number of imidazole rings is 1. The summed E-state index contributed by atoms with van der Waals surface area (Å²) < 4.78 is 2.25. The van der Waals surface area contributed by atoms with Crippen LogP contribution in [0, 0.1) is 6.92 Å². The van der Waals surface area contributed by atoms with Crippen molar-refractivity contribution in [2.75, 3.05) is 0 Å². The lowest BCUT2D eigenvalue weighted by Crippen LogP contribution is -1.96. The van der Waals surface area contributed by atoms with Gasteiger partial charge < -0.3 is 4.57 Å². The van der Waals surface area contributed by atoms with Crippen LogP contribution in [0.3, 0.4) is 0 Å². The maximum Gasteiger partial charge on any atom is 0.106 e. The molecule has 80 valence electrons. The van der Waals surface area contributed by atoms with Crippen molar-refractivity contribution in [1.29, 1.82) is 0 Å². The van der Waals surface area contributed by atoms with E-state index in [0.29, 0.717) is 5.92 Å². The van der Waals surface area contributed by atoms with Crippen LogP contribution in [-0.4, -0.2) is 9.55 Å². The lowest BCUT2D eigenvalue weighted by molar-refractivity contribution is 0.753. The van der Waals surface area contributed by atoms with Crippen LogP contribution in [0.15, 0.2) is 18.2 Å². The van der Waals surface area contributed by atoms with Crippen LogP contribution >= 0.6 is 0 Å². The van der Waals surface area contributed by atoms with Gasteiger partial charge in [-0.15, -0.1) is 0 Å². The van der Waals surface area contributed by atoms with Crippen LogP contribution in [0.4, 0.5) is 0 Å². The van der Waals surface area contributed by atoms with E-state index in [-0.39, 0.29) is 0 Å². The quantitative estimate of drug-likeness (QED) is 0.729. The Morgan fingerprint density at radius 2 is 2.07 bits per heavy atom. The first-order chi connectivity index (χ1) is 7.13. The largest absolute Gasteiger partial charge is 0.329 e. The van der Waals surface area contributed by atoms with Gasteiger partial charge in [0.2, 0.25) is 0 Å². The fourth-order valence-corrected chi connectivity index (χ4v) is 2.03. The minimum atomic E-state index is 0.571. The van der Waals surface area contributed by atoms with Gasteiger partial charge in [0, 0.05) is 6.54 Å². The zero-order valence-electron chi connectivity index (χ0n) is 9.91. The van der Waals surface area contributed by atoms with E-state index in [1.807, 2.05) is 0 Å². The SMILES string of the molecule is CCn1c(C)nc2cc(C(C)C)ccc21. The molecule has 2 nitrogen and oxygen atoms in total. The minimum Gasteiger partial charge on any atom is -0.329 e. The Kier molecular flexibility index (Phi) is 2.51. The zero-order valence-corrected chi connectivity index (χ0v) is 9.91. The van der Waals surface area contributed by atoms with Crippen LogP contribution in [-0.2, 0) is 6.54 Å². The van der Waals surface area contributed by atoms with Gasteiger partial charge in [-0.1, -0.05) is 19.9 Å². The number of nitrogens with zero attached hydrogens (tertiary/aromatic N) is 2. The first-order valence-electron chi connectivity index (χ1n) is 5.60. The normalized spacial score (nSPS) is 11.5. The molecule has 2 heteroatoms. The summed E-state index contributed by atoms with van der Waals surface area (Å²) in [6.45, 7) is 9.64. The molecule has 15 heavy (non-hydrogen) atoms. The van der Waals surface area contributed by atoms with Crippen molar-refractivity contribution in [3.63, 3.8) is 0 Å². The number of rotatable bonds is 2. The van der Waals surface area contributed by atoms with Gasteiger partial charge >= 0.3 is 0 Å². The van der Waals surface area contributed by atoms with Gasteiger partial charge in [0.05, 0.1) is 11.0 Å². The van der Waals surface area contributed by atoms with E-state index >= 15 is 0 Å².